The highest BCUT2D eigenvalue weighted by Crippen LogP contribution is 2.20. The van der Waals surface area contributed by atoms with Gasteiger partial charge in [0.25, 0.3) is 11.7 Å². The third-order valence-electron chi connectivity index (χ3n) is 3.00. The molecule has 100 valence electrons. The Bertz CT molecular complexity index is 543. The van der Waals surface area contributed by atoms with Crippen LogP contribution < -0.4 is 10.6 Å². The zero-order chi connectivity index (χ0) is 13.1. The van der Waals surface area contributed by atoms with Crippen molar-refractivity contribution in [2.45, 2.75) is 25.4 Å². The van der Waals surface area contributed by atoms with Crippen molar-refractivity contribution < 1.29 is 9.32 Å². The fourth-order valence-electron chi connectivity index (χ4n) is 2.00. The summed E-state index contributed by atoms with van der Waals surface area (Å²) in [4.78, 5) is 15.9. The van der Waals surface area contributed by atoms with E-state index in [2.05, 4.69) is 31.0 Å². The summed E-state index contributed by atoms with van der Waals surface area (Å²) in [6.07, 6.45) is 3.66. The molecule has 1 atom stereocenters. The summed E-state index contributed by atoms with van der Waals surface area (Å²) in [6, 6.07) is 1.85. The quantitative estimate of drug-likeness (QED) is 0.723. The SMILES string of the molecule is O=C(NCc1ccn[nH]1)c1noc(C2CCCN2)n1. The first-order valence-corrected chi connectivity index (χ1v) is 6.16. The van der Waals surface area contributed by atoms with Crippen LogP contribution in [-0.2, 0) is 6.54 Å². The normalized spacial score (nSPS) is 18.6. The van der Waals surface area contributed by atoms with Crippen molar-refractivity contribution in [3.63, 3.8) is 0 Å². The van der Waals surface area contributed by atoms with E-state index in [-0.39, 0.29) is 17.8 Å². The Labute approximate surface area is 109 Å². The molecule has 1 aliphatic heterocycles. The Balaban J connectivity index is 1.60. The highest BCUT2D eigenvalue weighted by molar-refractivity contribution is 5.90. The van der Waals surface area contributed by atoms with Crippen LogP contribution in [-0.4, -0.2) is 32.8 Å². The number of nitrogens with one attached hydrogen (secondary N) is 3. The lowest BCUT2D eigenvalue weighted by molar-refractivity contribution is 0.0937. The molecule has 1 amide bonds. The topological polar surface area (TPSA) is 109 Å². The molecule has 2 aromatic rings. The van der Waals surface area contributed by atoms with E-state index in [1.807, 2.05) is 0 Å². The summed E-state index contributed by atoms with van der Waals surface area (Å²) in [5.74, 6) is 0.176. The van der Waals surface area contributed by atoms with Crippen LogP contribution in [0.2, 0.25) is 0 Å². The average molecular weight is 262 g/mol. The molecule has 0 saturated carbocycles. The molecule has 0 aromatic carbocycles. The summed E-state index contributed by atoms with van der Waals surface area (Å²) in [5, 5.41) is 16.2. The highest BCUT2D eigenvalue weighted by atomic mass is 16.5. The number of amides is 1. The zero-order valence-corrected chi connectivity index (χ0v) is 10.2. The van der Waals surface area contributed by atoms with Gasteiger partial charge in [-0.1, -0.05) is 5.16 Å². The number of nitrogens with zero attached hydrogens (tertiary/aromatic N) is 3. The van der Waals surface area contributed by atoms with Crippen LogP contribution >= 0.6 is 0 Å². The van der Waals surface area contributed by atoms with Crippen molar-refractivity contribution >= 4 is 5.91 Å². The third-order valence-corrected chi connectivity index (χ3v) is 3.00. The molecule has 19 heavy (non-hydrogen) atoms. The molecule has 0 bridgehead atoms. The molecular formula is C11H14N6O2. The maximum atomic E-state index is 11.8. The van der Waals surface area contributed by atoms with Gasteiger partial charge in [0.15, 0.2) is 0 Å². The number of H-pyrrole nitrogens is 1. The van der Waals surface area contributed by atoms with E-state index in [4.69, 9.17) is 4.52 Å². The minimum absolute atomic E-state index is 0.0585. The van der Waals surface area contributed by atoms with Gasteiger partial charge in [-0.05, 0) is 25.5 Å². The van der Waals surface area contributed by atoms with E-state index < -0.39 is 0 Å². The van der Waals surface area contributed by atoms with Crippen LogP contribution in [0.4, 0.5) is 0 Å². The highest BCUT2D eigenvalue weighted by Gasteiger charge is 2.24. The first-order valence-electron chi connectivity index (χ1n) is 6.16. The summed E-state index contributed by atoms with van der Waals surface area (Å²) < 4.78 is 5.10. The Kier molecular flexibility index (Phi) is 3.23. The van der Waals surface area contributed by atoms with E-state index in [9.17, 15) is 4.79 Å². The fourth-order valence-corrected chi connectivity index (χ4v) is 2.00. The molecule has 3 heterocycles. The number of rotatable bonds is 4. The van der Waals surface area contributed by atoms with E-state index in [1.54, 1.807) is 12.3 Å². The molecule has 0 radical (unpaired) electrons. The first-order chi connectivity index (χ1) is 9.33. The number of hydrogen-bond acceptors (Lipinski definition) is 6. The van der Waals surface area contributed by atoms with Gasteiger partial charge in [0.2, 0.25) is 5.89 Å². The lowest BCUT2D eigenvalue weighted by Gasteiger charge is -2.01. The number of hydrogen-bond donors (Lipinski definition) is 3. The molecule has 1 aliphatic rings. The first kappa shape index (κ1) is 11.8. The molecule has 8 heteroatoms. The Morgan fingerprint density at radius 1 is 1.58 bits per heavy atom. The monoisotopic (exact) mass is 262 g/mol. The number of carbonyl (C=O) groups is 1. The number of carbonyl (C=O) groups excluding carboxylic acids is 1. The van der Waals surface area contributed by atoms with Crippen molar-refractivity contribution in [1.29, 1.82) is 0 Å². The van der Waals surface area contributed by atoms with Crippen molar-refractivity contribution in [2.24, 2.45) is 0 Å². The van der Waals surface area contributed by atoms with Gasteiger partial charge in [-0.2, -0.15) is 10.1 Å². The Morgan fingerprint density at radius 3 is 3.26 bits per heavy atom. The zero-order valence-electron chi connectivity index (χ0n) is 10.2. The average Bonchev–Trinajstić information content (AvgIpc) is 3.14. The molecule has 2 aromatic heterocycles. The van der Waals surface area contributed by atoms with Crippen LogP contribution in [0.15, 0.2) is 16.8 Å². The molecular weight excluding hydrogens is 248 g/mol. The second-order valence-corrected chi connectivity index (χ2v) is 4.37. The maximum Gasteiger partial charge on any atom is 0.293 e. The van der Waals surface area contributed by atoms with Gasteiger partial charge in [-0.15, -0.1) is 0 Å². The van der Waals surface area contributed by atoms with Gasteiger partial charge in [0, 0.05) is 6.20 Å². The summed E-state index contributed by atoms with van der Waals surface area (Å²) in [6.45, 7) is 1.29. The Hall–Kier alpha value is -2.22. The molecule has 0 aliphatic carbocycles. The van der Waals surface area contributed by atoms with Crippen LogP contribution in [0.3, 0.4) is 0 Å². The molecule has 1 saturated heterocycles. The van der Waals surface area contributed by atoms with E-state index in [1.165, 1.54) is 0 Å². The minimum Gasteiger partial charge on any atom is -0.344 e. The lowest BCUT2D eigenvalue weighted by atomic mass is 10.2. The predicted octanol–water partition coefficient (Wildman–Crippen LogP) is 0.147. The smallest absolute Gasteiger partial charge is 0.293 e. The van der Waals surface area contributed by atoms with Crippen LogP contribution in [0.1, 0.15) is 41.1 Å². The van der Waals surface area contributed by atoms with Crippen molar-refractivity contribution in [3.05, 3.63) is 29.7 Å². The standard InChI is InChI=1S/C11H14N6O2/c18-10(13-6-7-3-5-14-16-7)9-15-11(19-17-9)8-2-1-4-12-8/h3,5,8,12H,1-2,4,6H2,(H,13,18)(H,14,16). The van der Waals surface area contributed by atoms with Gasteiger partial charge >= 0.3 is 0 Å². The van der Waals surface area contributed by atoms with Crippen LogP contribution in [0, 0.1) is 0 Å². The van der Waals surface area contributed by atoms with Gasteiger partial charge in [0.05, 0.1) is 18.3 Å². The fraction of sp³-hybridized carbons (Fsp3) is 0.455. The number of aromatic nitrogens is 4. The molecule has 1 fully saturated rings. The van der Waals surface area contributed by atoms with Crippen LogP contribution in [0.25, 0.3) is 0 Å². The summed E-state index contributed by atoms with van der Waals surface area (Å²) in [7, 11) is 0. The summed E-state index contributed by atoms with van der Waals surface area (Å²) >= 11 is 0. The molecule has 1 unspecified atom stereocenters. The van der Waals surface area contributed by atoms with Crippen LogP contribution in [0.5, 0.6) is 0 Å². The molecule has 3 N–H and O–H groups in total. The van der Waals surface area contributed by atoms with E-state index in [0.717, 1.165) is 25.1 Å². The van der Waals surface area contributed by atoms with E-state index in [0.29, 0.717) is 12.4 Å². The molecule has 0 spiro atoms. The largest absolute Gasteiger partial charge is 0.344 e. The second-order valence-electron chi connectivity index (χ2n) is 4.37. The Morgan fingerprint density at radius 2 is 2.53 bits per heavy atom. The lowest BCUT2D eigenvalue weighted by Crippen LogP contribution is -2.24. The van der Waals surface area contributed by atoms with Crippen molar-refractivity contribution in [1.82, 2.24) is 31.0 Å². The van der Waals surface area contributed by atoms with E-state index >= 15 is 0 Å². The van der Waals surface area contributed by atoms with Gasteiger partial charge in [0.1, 0.15) is 0 Å². The predicted molar refractivity (Wildman–Crippen MR) is 64.0 cm³/mol. The second kappa shape index (κ2) is 5.19. The summed E-state index contributed by atoms with van der Waals surface area (Å²) in [5.41, 5.74) is 0.814. The van der Waals surface area contributed by atoms with Crippen molar-refractivity contribution in [3.8, 4) is 0 Å². The van der Waals surface area contributed by atoms with Gasteiger partial charge in [-0.25, -0.2) is 0 Å². The van der Waals surface area contributed by atoms with Gasteiger partial charge in [-0.3, -0.25) is 9.89 Å². The number of aromatic amines is 1. The molecule has 8 nitrogen and oxygen atoms in total. The van der Waals surface area contributed by atoms with Crippen molar-refractivity contribution in [2.75, 3.05) is 6.54 Å². The maximum absolute atomic E-state index is 11.8. The van der Waals surface area contributed by atoms with Gasteiger partial charge < -0.3 is 15.2 Å². The third kappa shape index (κ3) is 2.63. The molecule has 3 rings (SSSR count). The minimum atomic E-state index is -0.359.